The van der Waals surface area contributed by atoms with Crippen LogP contribution in [0.2, 0.25) is 5.02 Å². The Balaban J connectivity index is 1.94. The largest absolute Gasteiger partial charge is 0.454 e. The molecule has 0 aromatic heterocycles. The summed E-state index contributed by atoms with van der Waals surface area (Å²) in [5.41, 5.74) is 0.890. The molecule has 2 amide bonds. The molecule has 0 aliphatic heterocycles. The standard InChI is InChI=1S/C21H23ClN2O4S2/c1-29-11-10-18(24-20(26)16-8-3-4-9-17(16)22)21(27)28-13-19(25)23-14-6-5-7-15(12-14)30-2/h3-9,12,18H,10-11,13H2,1-2H3,(H,23,25)(H,24,26). The van der Waals surface area contributed by atoms with E-state index in [1.54, 1.807) is 42.1 Å². The lowest BCUT2D eigenvalue weighted by Crippen LogP contribution is -2.43. The second-order valence-electron chi connectivity index (χ2n) is 6.18. The zero-order chi connectivity index (χ0) is 21.9. The highest BCUT2D eigenvalue weighted by Gasteiger charge is 2.24. The van der Waals surface area contributed by atoms with Gasteiger partial charge in [0.2, 0.25) is 0 Å². The van der Waals surface area contributed by atoms with Gasteiger partial charge in [-0.05, 0) is 55.0 Å². The van der Waals surface area contributed by atoms with Crippen molar-refractivity contribution < 1.29 is 19.1 Å². The van der Waals surface area contributed by atoms with E-state index in [0.717, 1.165) is 4.90 Å². The second-order valence-corrected chi connectivity index (χ2v) is 8.45. The fraction of sp³-hybridized carbons (Fsp3) is 0.286. The summed E-state index contributed by atoms with van der Waals surface area (Å²) in [6.07, 6.45) is 4.20. The molecule has 0 bridgehead atoms. The first-order valence-electron chi connectivity index (χ1n) is 9.09. The van der Waals surface area contributed by atoms with Crippen LogP contribution in [0.3, 0.4) is 0 Å². The summed E-state index contributed by atoms with van der Waals surface area (Å²) >= 11 is 9.15. The highest BCUT2D eigenvalue weighted by atomic mass is 35.5. The van der Waals surface area contributed by atoms with Crippen molar-refractivity contribution in [2.45, 2.75) is 17.4 Å². The first-order chi connectivity index (χ1) is 14.4. The third-order valence-corrected chi connectivity index (χ3v) is 5.72. The van der Waals surface area contributed by atoms with Gasteiger partial charge in [-0.3, -0.25) is 9.59 Å². The summed E-state index contributed by atoms with van der Waals surface area (Å²) in [4.78, 5) is 38.1. The number of hydrogen-bond donors (Lipinski definition) is 2. The number of halogens is 1. The van der Waals surface area contributed by atoms with Gasteiger partial charge in [0, 0.05) is 10.6 Å². The maximum absolute atomic E-state index is 12.5. The van der Waals surface area contributed by atoms with Gasteiger partial charge in [-0.25, -0.2) is 4.79 Å². The van der Waals surface area contributed by atoms with E-state index >= 15 is 0 Å². The Kier molecular flexibility index (Phi) is 10.1. The summed E-state index contributed by atoms with van der Waals surface area (Å²) in [5.74, 6) is -0.960. The van der Waals surface area contributed by atoms with E-state index < -0.39 is 30.4 Å². The number of esters is 1. The van der Waals surface area contributed by atoms with Crippen LogP contribution >= 0.6 is 35.1 Å². The minimum absolute atomic E-state index is 0.271. The first kappa shape index (κ1) is 24.1. The van der Waals surface area contributed by atoms with Crippen LogP contribution in [0.1, 0.15) is 16.8 Å². The minimum Gasteiger partial charge on any atom is -0.454 e. The lowest BCUT2D eigenvalue weighted by Gasteiger charge is -2.17. The van der Waals surface area contributed by atoms with Gasteiger partial charge in [0.15, 0.2) is 6.61 Å². The molecule has 0 radical (unpaired) electrons. The summed E-state index contributed by atoms with van der Waals surface area (Å²) < 4.78 is 5.15. The molecule has 1 unspecified atom stereocenters. The van der Waals surface area contributed by atoms with Crippen molar-refractivity contribution in [2.24, 2.45) is 0 Å². The lowest BCUT2D eigenvalue weighted by molar-refractivity contribution is -0.149. The molecule has 0 aliphatic rings. The molecule has 6 nitrogen and oxygen atoms in total. The zero-order valence-corrected chi connectivity index (χ0v) is 19.0. The SMILES string of the molecule is CSCCC(NC(=O)c1ccccc1Cl)C(=O)OCC(=O)Nc1cccc(SC)c1. The van der Waals surface area contributed by atoms with E-state index in [4.69, 9.17) is 16.3 Å². The maximum Gasteiger partial charge on any atom is 0.329 e. The van der Waals surface area contributed by atoms with Crippen molar-refractivity contribution in [3.05, 3.63) is 59.1 Å². The number of carbonyl (C=O) groups is 3. The van der Waals surface area contributed by atoms with E-state index in [0.29, 0.717) is 22.9 Å². The molecule has 2 aromatic rings. The summed E-state index contributed by atoms with van der Waals surface area (Å²) in [5, 5.41) is 5.63. The molecule has 0 heterocycles. The van der Waals surface area contributed by atoms with Gasteiger partial charge in [0.1, 0.15) is 6.04 Å². The van der Waals surface area contributed by atoms with Crippen LogP contribution < -0.4 is 10.6 Å². The molecule has 0 fully saturated rings. The minimum atomic E-state index is -0.881. The molecule has 160 valence electrons. The predicted octanol–water partition coefficient (Wildman–Crippen LogP) is 4.10. The Morgan fingerprint density at radius 3 is 2.57 bits per heavy atom. The molecule has 2 aromatic carbocycles. The van der Waals surface area contributed by atoms with Crippen molar-refractivity contribution in [1.82, 2.24) is 5.32 Å². The fourth-order valence-electron chi connectivity index (χ4n) is 2.50. The quantitative estimate of drug-likeness (QED) is 0.405. The topological polar surface area (TPSA) is 84.5 Å². The third-order valence-electron chi connectivity index (χ3n) is 4.02. The van der Waals surface area contributed by atoms with E-state index in [1.165, 1.54) is 11.8 Å². The van der Waals surface area contributed by atoms with E-state index in [2.05, 4.69) is 10.6 Å². The number of amides is 2. The summed E-state index contributed by atoms with van der Waals surface area (Å²) in [6, 6.07) is 13.0. The van der Waals surface area contributed by atoms with Crippen molar-refractivity contribution >= 4 is 58.6 Å². The third kappa shape index (κ3) is 7.59. The van der Waals surface area contributed by atoms with Crippen LogP contribution in [0.4, 0.5) is 5.69 Å². The molecular formula is C21H23ClN2O4S2. The fourth-order valence-corrected chi connectivity index (χ4v) is 3.65. The highest BCUT2D eigenvalue weighted by Crippen LogP contribution is 2.19. The molecule has 0 spiro atoms. The number of hydrogen-bond acceptors (Lipinski definition) is 6. The first-order valence-corrected chi connectivity index (χ1v) is 12.1. The maximum atomic E-state index is 12.5. The van der Waals surface area contributed by atoms with Gasteiger partial charge < -0.3 is 15.4 Å². The number of rotatable bonds is 10. The van der Waals surface area contributed by atoms with Crippen molar-refractivity contribution in [3.8, 4) is 0 Å². The van der Waals surface area contributed by atoms with Gasteiger partial charge in [-0.15, -0.1) is 11.8 Å². The van der Waals surface area contributed by atoms with Gasteiger partial charge in [0.25, 0.3) is 11.8 Å². The average Bonchev–Trinajstić information content (AvgIpc) is 2.75. The van der Waals surface area contributed by atoms with Crippen LogP contribution in [0.25, 0.3) is 0 Å². The van der Waals surface area contributed by atoms with Crippen LogP contribution in [0.15, 0.2) is 53.4 Å². The van der Waals surface area contributed by atoms with Crippen LogP contribution in [0.5, 0.6) is 0 Å². The zero-order valence-electron chi connectivity index (χ0n) is 16.6. The van der Waals surface area contributed by atoms with E-state index in [9.17, 15) is 14.4 Å². The van der Waals surface area contributed by atoms with Crippen molar-refractivity contribution in [3.63, 3.8) is 0 Å². The molecule has 30 heavy (non-hydrogen) atoms. The number of thioether (sulfide) groups is 2. The molecule has 0 saturated heterocycles. The van der Waals surface area contributed by atoms with Gasteiger partial charge in [0.05, 0.1) is 10.6 Å². The van der Waals surface area contributed by atoms with E-state index in [-0.39, 0.29) is 5.56 Å². The number of benzene rings is 2. The molecular weight excluding hydrogens is 444 g/mol. The normalized spacial score (nSPS) is 11.4. The summed E-state index contributed by atoms with van der Waals surface area (Å²) in [6.45, 7) is -0.444. The molecule has 0 saturated carbocycles. The number of ether oxygens (including phenoxy) is 1. The van der Waals surface area contributed by atoms with Crippen molar-refractivity contribution in [2.75, 3.05) is 30.2 Å². The predicted molar refractivity (Wildman–Crippen MR) is 124 cm³/mol. The Bertz CT molecular complexity index is 895. The lowest BCUT2D eigenvalue weighted by atomic mass is 10.1. The number of anilines is 1. The molecule has 0 aliphatic carbocycles. The van der Waals surface area contributed by atoms with Crippen molar-refractivity contribution in [1.29, 1.82) is 0 Å². The van der Waals surface area contributed by atoms with Crippen LogP contribution in [0, 0.1) is 0 Å². The van der Waals surface area contributed by atoms with Crippen LogP contribution in [-0.2, 0) is 14.3 Å². The van der Waals surface area contributed by atoms with Gasteiger partial charge >= 0.3 is 5.97 Å². The monoisotopic (exact) mass is 466 g/mol. The van der Waals surface area contributed by atoms with Gasteiger partial charge in [-0.2, -0.15) is 11.8 Å². The smallest absolute Gasteiger partial charge is 0.329 e. The van der Waals surface area contributed by atoms with Gasteiger partial charge in [-0.1, -0.05) is 29.8 Å². The second kappa shape index (κ2) is 12.5. The molecule has 1 atom stereocenters. The average molecular weight is 467 g/mol. The highest BCUT2D eigenvalue weighted by molar-refractivity contribution is 7.98. The number of nitrogens with one attached hydrogen (secondary N) is 2. The number of carbonyl (C=O) groups excluding carboxylic acids is 3. The molecule has 9 heteroatoms. The molecule has 2 rings (SSSR count). The summed E-state index contributed by atoms with van der Waals surface area (Å²) in [7, 11) is 0. The Morgan fingerprint density at radius 1 is 1.10 bits per heavy atom. The van der Waals surface area contributed by atoms with E-state index in [1.807, 2.05) is 30.7 Å². The Hall–Kier alpha value is -2.16. The Morgan fingerprint density at radius 2 is 1.87 bits per heavy atom. The molecule has 2 N–H and O–H groups in total. The van der Waals surface area contributed by atoms with Crippen LogP contribution in [-0.4, -0.2) is 48.7 Å². The Labute approximate surface area is 189 Å².